The van der Waals surface area contributed by atoms with Crippen LogP contribution in [0.15, 0.2) is 66.9 Å². The molecule has 31 heavy (non-hydrogen) atoms. The zero-order valence-corrected chi connectivity index (χ0v) is 19.7. The molecule has 0 aliphatic rings. The molecule has 152 valence electrons. The van der Waals surface area contributed by atoms with Gasteiger partial charge in [-0.1, -0.05) is 57.2 Å². The molecule has 0 aliphatic heterocycles. The normalized spacial score (nSPS) is 12.5. The van der Waals surface area contributed by atoms with E-state index in [0.29, 0.717) is 0 Å². The fraction of sp³-hybridized carbons (Fsp3) is 0.179. The van der Waals surface area contributed by atoms with E-state index in [4.69, 9.17) is 4.98 Å². The maximum atomic E-state index is 4.92. The van der Waals surface area contributed by atoms with E-state index < -0.39 is 0 Å². The Morgan fingerprint density at radius 3 is 2.45 bits per heavy atom. The first-order valence-electron chi connectivity index (χ1n) is 10.6. The molecule has 0 aliphatic carbocycles. The van der Waals surface area contributed by atoms with E-state index in [1.165, 1.54) is 57.0 Å². The quantitative estimate of drug-likeness (QED) is 0.250. The van der Waals surface area contributed by atoms with Crippen LogP contribution in [0.4, 0.5) is 0 Å². The minimum Gasteiger partial charge on any atom is -0.256 e. The molecule has 0 amide bonds. The first-order chi connectivity index (χ1) is 14.9. The van der Waals surface area contributed by atoms with Crippen LogP contribution in [0.25, 0.3) is 52.3 Å². The average molecular weight is 438 g/mol. The number of thiophene rings is 2. The summed E-state index contributed by atoms with van der Waals surface area (Å²) in [6.07, 6.45) is 1.97. The van der Waals surface area contributed by atoms with Gasteiger partial charge in [0.15, 0.2) is 0 Å². The Morgan fingerprint density at radius 2 is 1.61 bits per heavy atom. The predicted octanol–water partition coefficient (Wildman–Crippen LogP) is 9.09. The van der Waals surface area contributed by atoms with Gasteiger partial charge in [-0.2, -0.15) is 0 Å². The first-order valence-corrected chi connectivity index (χ1v) is 12.3. The second kappa shape index (κ2) is 6.62. The van der Waals surface area contributed by atoms with E-state index in [-0.39, 0.29) is 5.41 Å². The summed E-state index contributed by atoms with van der Waals surface area (Å²) < 4.78 is 4.09. The van der Waals surface area contributed by atoms with Gasteiger partial charge in [0.1, 0.15) is 0 Å². The van der Waals surface area contributed by atoms with Gasteiger partial charge in [0, 0.05) is 32.1 Å². The molecule has 1 nitrogen and oxygen atoms in total. The fourth-order valence-electron chi connectivity index (χ4n) is 4.69. The summed E-state index contributed by atoms with van der Waals surface area (Å²) in [5.41, 5.74) is 3.72. The topological polar surface area (TPSA) is 12.9 Å². The molecule has 6 rings (SSSR count). The van der Waals surface area contributed by atoms with Crippen molar-refractivity contribution in [3.05, 3.63) is 77.3 Å². The Balaban J connectivity index is 1.72. The third-order valence-electron chi connectivity index (χ3n) is 6.10. The van der Waals surface area contributed by atoms with Crippen LogP contribution in [0.5, 0.6) is 0 Å². The molecule has 0 N–H and O–H groups in total. The van der Waals surface area contributed by atoms with Crippen LogP contribution in [0.3, 0.4) is 0 Å². The van der Waals surface area contributed by atoms with Crippen LogP contribution < -0.4 is 0 Å². The van der Waals surface area contributed by atoms with Crippen LogP contribution in [0, 0.1) is 6.92 Å². The Bertz CT molecular complexity index is 1630. The number of hydrogen-bond acceptors (Lipinski definition) is 3. The molecule has 0 atom stereocenters. The average Bonchev–Trinajstić information content (AvgIpc) is 3.31. The molecule has 0 spiro atoms. The molecule has 0 saturated carbocycles. The highest BCUT2D eigenvalue weighted by atomic mass is 32.1. The predicted molar refractivity (Wildman–Crippen MR) is 139 cm³/mol. The summed E-state index contributed by atoms with van der Waals surface area (Å²) in [4.78, 5) is 6.29. The lowest BCUT2D eigenvalue weighted by atomic mass is 9.82. The number of benzene rings is 3. The molecule has 0 fully saturated rings. The number of aromatic nitrogens is 1. The van der Waals surface area contributed by atoms with Crippen LogP contribution in [-0.2, 0) is 5.41 Å². The van der Waals surface area contributed by atoms with Crippen molar-refractivity contribution in [1.82, 2.24) is 4.98 Å². The Labute approximate surface area is 190 Å². The van der Waals surface area contributed by atoms with Gasteiger partial charge in [-0.05, 0) is 58.3 Å². The smallest absolute Gasteiger partial charge is 0.0795 e. The number of rotatable bonds is 1. The Kier molecular flexibility index (Phi) is 4.05. The lowest BCUT2D eigenvalue weighted by Gasteiger charge is -2.23. The van der Waals surface area contributed by atoms with Crippen molar-refractivity contribution in [3.63, 3.8) is 0 Å². The minimum absolute atomic E-state index is 0.0564. The summed E-state index contributed by atoms with van der Waals surface area (Å²) in [6, 6.07) is 22.4. The zero-order valence-electron chi connectivity index (χ0n) is 18.1. The van der Waals surface area contributed by atoms with Gasteiger partial charge in [0.05, 0.1) is 15.1 Å². The van der Waals surface area contributed by atoms with Crippen molar-refractivity contribution >= 4 is 63.7 Å². The standard InChI is InChI=1S/C28H23NS2/c1-16-13-18-9-10-21-24-23(31-27(21)26(18)30-16)11-12-29-25(24)19-14-17-7-5-6-8-20(17)22(15-19)28(2,3)4/h5-15H,1-4H3. The van der Waals surface area contributed by atoms with Crippen molar-refractivity contribution in [3.8, 4) is 11.3 Å². The second-order valence-electron chi connectivity index (χ2n) is 9.35. The number of nitrogens with zero attached hydrogens (tertiary/aromatic N) is 1. The third-order valence-corrected chi connectivity index (χ3v) is 8.50. The van der Waals surface area contributed by atoms with Crippen molar-refractivity contribution in [2.24, 2.45) is 0 Å². The van der Waals surface area contributed by atoms with Gasteiger partial charge in [0.25, 0.3) is 0 Å². The van der Waals surface area contributed by atoms with E-state index in [9.17, 15) is 0 Å². The number of aryl methyl sites for hydroxylation is 1. The highest BCUT2D eigenvalue weighted by Gasteiger charge is 2.20. The SMILES string of the molecule is Cc1cc2ccc3c(sc4ccnc(-c5cc(C(C)(C)C)c6ccccc6c5)c43)c2s1. The molecule has 0 radical (unpaired) electrons. The van der Waals surface area contributed by atoms with E-state index in [1.54, 1.807) is 0 Å². The number of hydrogen-bond donors (Lipinski definition) is 0. The lowest BCUT2D eigenvalue weighted by Crippen LogP contribution is -2.12. The van der Waals surface area contributed by atoms with Gasteiger partial charge >= 0.3 is 0 Å². The van der Waals surface area contributed by atoms with Gasteiger partial charge in [-0.15, -0.1) is 22.7 Å². The number of fused-ring (bicyclic) bond motifs is 6. The lowest BCUT2D eigenvalue weighted by molar-refractivity contribution is 0.596. The summed E-state index contributed by atoms with van der Waals surface area (Å²) >= 11 is 3.79. The van der Waals surface area contributed by atoms with Crippen LogP contribution >= 0.6 is 22.7 Å². The van der Waals surface area contributed by atoms with Gasteiger partial charge in [-0.25, -0.2) is 0 Å². The highest BCUT2D eigenvalue weighted by Crippen LogP contribution is 2.45. The summed E-state index contributed by atoms with van der Waals surface area (Å²) in [6.45, 7) is 9.08. The first kappa shape index (κ1) is 19.0. The van der Waals surface area contributed by atoms with E-state index in [0.717, 1.165) is 5.69 Å². The van der Waals surface area contributed by atoms with Crippen LogP contribution in [-0.4, -0.2) is 4.98 Å². The van der Waals surface area contributed by atoms with Crippen molar-refractivity contribution in [2.45, 2.75) is 33.1 Å². The maximum absolute atomic E-state index is 4.92. The van der Waals surface area contributed by atoms with Crippen LogP contribution in [0.2, 0.25) is 0 Å². The molecule has 3 aromatic heterocycles. The van der Waals surface area contributed by atoms with Gasteiger partial charge in [0.2, 0.25) is 0 Å². The molecule has 0 bridgehead atoms. The minimum atomic E-state index is 0.0564. The third kappa shape index (κ3) is 2.91. The zero-order chi connectivity index (χ0) is 21.3. The Morgan fingerprint density at radius 1 is 0.774 bits per heavy atom. The molecule has 6 aromatic rings. The van der Waals surface area contributed by atoms with E-state index in [2.05, 4.69) is 88.4 Å². The fourth-order valence-corrected chi connectivity index (χ4v) is 7.04. The van der Waals surface area contributed by atoms with Crippen LogP contribution in [0.1, 0.15) is 31.2 Å². The monoisotopic (exact) mass is 437 g/mol. The molecular formula is C28H23NS2. The van der Waals surface area contributed by atoms with E-state index in [1.807, 2.05) is 28.9 Å². The summed E-state index contributed by atoms with van der Waals surface area (Å²) in [5, 5.41) is 6.56. The number of pyridine rings is 1. The maximum Gasteiger partial charge on any atom is 0.0795 e. The van der Waals surface area contributed by atoms with E-state index >= 15 is 0 Å². The Hall–Kier alpha value is -2.75. The van der Waals surface area contributed by atoms with Crippen molar-refractivity contribution < 1.29 is 0 Å². The largest absolute Gasteiger partial charge is 0.256 e. The summed E-state index contributed by atoms with van der Waals surface area (Å²) in [7, 11) is 0. The molecule has 0 unspecified atom stereocenters. The highest BCUT2D eigenvalue weighted by molar-refractivity contribution is 7.31. The molecule has 3 heteroatoms. The molecule has 0 saturated heterocycles. The second-order valence-corrected chi connectivity index (χ2v) is 11.7. The summed E-state index contributed by atoms with van der Waals surface area (Å²) in [5.74, 6) is 0. The molecule has 3 heterocycles. The van der Waals surface area contributed by atoms with Crippen molar-refractivity contribution in [1.29, 1.82) is 0 Å². The van der Waals surface area contributed by atoms with Gasteiger partial charge < -0.3 is 0 Å². The van der Waals surface area contributed by atoms with Gasteiger partial charge in [-0.3, -0.25) is 4.98 Å². The van der Waals surface area contributed by atoms with Crippen molar-refractivity contribution in [2.75, 3.05) is 0 Å². The molecular weight excluding hydrogens is 414 g/mol. The molecule has 3 aromatic carbocycles.